The number of hydrogen-bond acceptors (Lipinski definition) is 2. The maximum Gasteiger partial charge on any atom is 0.335 e. The molecule has 106 valence electrons. The summed E-state index contributed by atoms with van der Waals surface area (Å²) in [5.74, 6) is 0.521. The molecule has 1 aromatic carbocycles. The minimum Gasteiger partial charge on any atom is -0.479 e. The zero-order valence-electron chi connectivity index (χ0n) is 9.84. The second-order valence-electron chi connectivity index (χ2n) is 3.90. The summed E-state index contributed by atoms with van der Waals surface area (Å²) >= 11 is 22.3. The number of carboxylic acid groups (broad SMARTS) is 1. The van der Waals surface area contributed by atoms with E-state index in [1.54, 1.807) is 23.9 Å². The fraction of sp³-hybridized carbons (Fsp3) is 0.417. The number of carboxylic acids is 1. The second-order valence-corrected chi connectivity index (χ2v) is 8.31. The molecule has 0 heterocycles. The van der Waals surface area contributed by atoms with Crippen molar-refractivity contribution in [2.75, 3.05) is 5.75 Å². The molecular formula is C12H12BrCl3O2S. The highest BCUT2D eigenvalue weighted by molar-refractivity contribution is 9.10. The number of halogens is 4. The molecule has 0 saturated heterocycles. The second kappa shape index (κ2) is 7.99. The maximum atomic E-state index is 10.8. The molecular weight excluding hydrogens is 394 g/mol. The van der Waals surface area contributed by atoms with E-state index in [4.69, 9.17) is 39.9 Å². The molecule has 0 aromatic heterocycles. The molecule has 0 aliphatic rings. The normalized spacial score (nSPS) is 14.1. The summed E-state index contributed by atoms with van der Waals surface area (Å²) < 4.78 is -1.36. The van der Waals surface area contributed by atoms with Gasteiger partial charge in [-0.2, -0.15) is 11.8 Å². The summed E-state index contributed by atoms with van der Waals surface area (Å²) in [6.07, 6.45) is 1.07. The van der Waals surface area contributed by atoms with Crippen LogP contribution < -0.4 is 0 Å². The molecule has 0 fully saturated rings. The van der Waals surface area contributed by atoms with Crippen molar-refractivity contribution < 1.29 is 9.90 Å². The third-order valence-electron chi connectivity index (χ3n) is 2.37. The first-order valence-corrected chi connectivity index (χ1v) is 8.54. The monoisotopic (exact) mass is 404 g/mol. The summed E-state index contributed by atoms with van der Waals surface area (Å²) in [6.45, 7) is 0. The van der Waals surface area contributed by atoms with Gasteiger partial charge >= 0.3 is 5.97 Å². The van der Waals surface area contributed by atoms with Gasteiger partial charge in [-0.3, -0.25) is 0 Å². The van der Waals surface area contributed by atoms with E-state index in [2.05, 4.69) is 15.9 Å². The van der Waals surface area contributed by atoms with Crippen molar-refractivity contribution in [3.8, 4) is 0 Å². The largest absolute Gasteiger partial charge is 0.479 e. The molecule has 2 nitrogen and oxygen atoms in total. The maximum absolute atomic E-state index is 10.8. The number of alkyl halides is 2. The van der Waals surface area contributed by atoms with Gasteiger partial charge in [-0.25, -0.2) is 4.79 Å². The van der Waals surface area contributed by atoms with Crippen LogP contribution in [0.3, 0.4) is 0 Å². The first kappa shape index (κ1) is 17.4. The lowest BCUT2D eigenvalue weighted by Crippen LogP contribution is -2.24. The summed E-state index contributed by atoms with van der Waals surface area (Å²) in [4.78, 5) is 10.8. The highest BCUT2D eigenvalue weighted by Gasteiger charge is 2.31. The third kappa shape index (κ3) is 6.13. The van der Waals surface area contributed by atoms with Crippen LogP contribution in [0.2, 0.25) is 10.0 Å². The Kier molecular flexibility index (Phi) is 7.33. The molecule has 1 rings (SSSR count). The average Bonchev–Trinajstić information content (AvgIpc) is 2.31. The van der Waals surface area contributed by atoms with E-state index in [-0.39, 0.29) is 0 Å². The van der Waals surface area contributed by atoms with Crippen LogP contribution in [-0.2, 0) is 10.5 Å². The van der Waals surface area contributed by atoms with Gasteiger partial charge in [-0.1, -0.05) is 56.8 Å². The van der Waals surface area contributed by atoms with Gasteiger partial charge in [0.2, 0.25) is 0 Å². The van der Waals surface area contributed by atoms with Crippen LogP contribution in [-0.4, -0.2) is 20.6 Å². The number of aliphatic carboxylic acids is 1. The molecule has 7 heteroatoms. The minimum atomic E-state index is -1.36. The van der Waals surface area contributed by atoms with E-state index < -0.39 is 9.75 Å². The zero-order valence-corrected chi connectivity index (χ0v) is 14.5. The quantitative estimate of drug-likeness (QED) is 0.485. The number of benzene rings is 1. The molecule has 0 amide bonds. The Morgan fingerprint density at radius 3 is 2.68 bits per heavy atom. The predicted molar refractivity (Wildman–Crippen MR) is 87.0 cm³/mol. The summed E-state index contributed by atoms with van der Waals surface area (Å²) in [7, 11) is 0. The molecule has 1 unspecified atom stereocenters. The molecule has 19 heavy (non-hydrogen) atoms. The Labute approximate surface area is 139 Å². The number of carbonyl (C=O) groups is 1. The summed E-state index contributed by atoms with van der Waals surface area (Å²) in [6, 6.07) is 5.41. The van der Waals surface area contributed by atoms with Gasteiger partial charge in [0.05, 0.1) is 0 Å². The van der Waals surface area contributed by atoms with E-state index in [1.807, 2.05) is 6.07 Å². The van der Waals surface area contributed by atoms with Crippen LogP contribution in [0.25, 0.3) is 0 Å². The lowest BCUT2D eigenvalue weighted by molar-refractivity contribution is -0.137. The van der Waals surface area contributed by atoms with Crippen LogP contribution in [0.5, 0.6) is 0 Å². The molecule has 1 aromatic rings. The van der Waals surface area contributed by atoms with Crippen LogP contribution in [0.4, 0.5) is 0 Å². The molecule has 0 aliphatic heterocycles. The van der Waals surface area contributed by atoms with Gasteiger partial charge in [0.1, 0.15) is 0 Å². The van der Waals surface area contributed by atoms with Gasteiger partial charge in [0.25, 0.3) is 0 Å². The Morgan fingerprint density at radius 2 is 2.11 bits per heavy atom. The molecule has 0 spiro atoms. The van der Waals surface area contributed by atoms with Crippen molar-refractivity contribution in [3.05, 3.63) is 33.8 Å². The van der Waals surface area contributed by atoms with Gasteiger partial charge in [-0.15, -0.1) is 0 Å². The number of hydrogen-bond donors (Lipinski definition) is 1. The van der Waals surface area contributed by atoms with Gasteiger partial charge in [0.15, 0.2) is 3.78 Å². The van der Waals surface area contributed by atoms with Crippen molar-refractivity contribution in [2.24, 2.45) is 0 Å². The van der Waals surface area contributed by atoms with Crippen LogP contribution in [0.15, 0.2) is 18.2 Å². The smallest absolute Gasteiger partial charge is 0.335 e. The number of rotatable bonds is 7. The highest BCUT2D eigenvalue weighted by atomic mass is 79.9. The van der Waals surface area contributed by atoms with Crippen molar-refractivity contribution in [3.63, 3.8) is 0 Å². The van der Waals surface area contributed by atoms with Crippen LogP contribution in [0, 0.1) is 0 Å². The van der Waals surface area contributed by atoms with Crippen molar-refractivity contribution >= 4 is 68.5 Å². The highest BCUT2D eigenvalue weighted by Crippen LogP contribution is 2.31. The van der Waals surface area contributed by atoms with E-state index in [0.717, 1.165) is 17.1 Å². The topological polar surface area (TPSA) is 37.3 Å². The van der Waals surface area contributed by atoms with Crippen molar-refractivity contribution in [1.82, 2.24) is 0 Å². The molecule has 0 aliphatic carbocycles. The third-order valence-corrected chi connectivity index (χ3v) is 5.13. The van der Waals surface area contributed by atoms with Crippen molar-refractivity contribution in [1.29, 1.82) is 0 Å². The van der Waals surface area contributed by atoms with Crippen LogP contribution in [0.1, 0.15) is 18.4 Å². The Balaban J connectivity index is 2.30. The Bertz CT molecular complexity index is 455. The van der Waals surface area contributed by atoms with E-state index >= 15 is 0 Å². The van der Waals surface area contributed by atoms with Crippen LogP contribution >= 0.6 is 62.5 Å². The van der Waals surface area contributed by atoms with Gasteiger partial charge in [0, 0.05) is 15.8 Å². The van der Waals surface area contributed by atoms with E-state index in [0.29, 0.717) is 22.9 Å². The lowest BCUT2D eigenvalue weighted by atomic mass is 10.2. The van der Waals surface area contributed by atoms with Gasteiger partial charge in [-0.05, 0) is 36.3 Å². The lowest BCUT2D eigenvalue weighted by Gasteiger charge is -2.13. The van der Waals surface area contributed by atoms with Gasteiger partial charge < -0.3 is 5.11 Å². The fourth-order valence-corrected chi connectivity index (χ4v) is 3.26. The molecule has 1 N–H and O–H groups in total. The van der Waals surface area contributed by atoms with E-state index in [9.17, 15) is 4.79 Å². The Hall–Kier alpha value is 0.390. The molecule has 0 radical (unpaired) electrons. The first-order valence-electron chi connectivity index (χ1n) is 5.46. The summed E-state index contributed by atoms with van der Waals surface area (Å²) in [5, 5.41) is 10.1. The predicted octanol–water partition coefficient (Wildman–Crippen LogP) is 5.42. The Morgan fingerprint density at radius 1 is 1.42 bits per heavy atom. The SMILES string of the molecule is O=C(O)C(Cl)(Br)CCCSCc1ccc(Cl)cc1Cl. The van der Waals surface area contributed by atoms with E-state index in [1.165, 1.54) is 0 Å². The minimum absolute atomic E-state index is 0.366. The molecule has 1 atom stereocenters. The summed E-state index contributed by atoms with van der Waals surface area (Å²) in [5.41, 5.74) is 1.02. The zero-order chi connectivity index (χ0) is 14.5. The standard InChI is InChI=1S/C12H12BrCl3O2S/c13-12(16,11(17)18)4-1-5-19-7-8-2-3-9(14)6-10(8)15/h2-3,6H,1,4-5,7H2,(H,17,18). The molecule has 0 bridgehead atoms. The first-order chi connectivity index (χ1) is 8.83. The molecule has 0 saturated carbocycles. The average molecular weight is 407 g/mol. The van der Waals surface area contributed by atoms with Crippen molar-refractivity contribution in [2.45, 2.75) is 22.4 Å². The fourth-order valence-electron chi connectivity index (χ4n) is 1.32. The number of thioether (sulfide) groups is 1.